The number of hydrogen-bond donors (Lipinski definition) is 1. The van der Waals surface area contributed by atoms with Gasteiger partial charge in [-0.05, 0) is 50.8 Å². The van der Waals surface area contributed by atoms with Crippen molar-refractivity contribution in [1.82, 2.24) is 9.88 Å². The molecule has 0 aliphatic rings. The lowest BCUT2D eigenvalue weighted by Crippen LogP contribution is -2.43. The van der Waals surface area contributed by atoms with E-state index in [1.54, 1.807) is 17.7 Å². The number of methoxy groups -OCH3 is 1. The molecule has 1 amide bonds. The summed E-state index contributed by atoms with van der Waals surface area (Å²) in [5.41, 5.74) is 0.335. The quantitative estimate of drug-likeness (QED) is 0.812. The Kier molecular flexibility index (Phi) is 5.88. The summed E-state index contributed by atoms with van der Waals surface area (Å²) in [7, 11) is 1.60. The lowest BCUT2D eigenvalue weighted by molar-refractivity contribution is 0.0917. The molecule has 0 unspecified atom stereocenters. The monoisotopic (exact) mass is 344 g/mol. The van der Waals surface area contributed by atoms with Crippen LogP contribution in [0.4, 0.5) is 0 Å². The second kappa shape index (κ2) is 7.72. The average molecular weight is 344 g/mol. The summed E-state index contributed by atoms with van der Waals surface area (Å²) in [6.07, 6.45) is 3.00. The van der Waals surface area contributed by atoms with E-state index < -0.39 is 5.54 Å². The Labute approximate surface area is 149 Å². The minimum atomic E-state index is -0.397. The second-order valence-corrected chi connectivity index (χ2v) is 7.35. The third-order valence-corrected chi connectivity index (χ3v) is 4.02. The van der Waals surface area contributed by atoms with Crippen LogP contribution < -0.4 is 15.6 Å². The third kappa shape index (κ3) is 4.62. The van der Waals surface area contributed by atoms with Gasteiger partial charge in [-0.3, -0.25) is 9.59 Å². The Morgan fingerprint density at radius 1 is 1.20 bits per heavy atom. The number of ether oxygens (including phenoxy) is 1. The number of carbonyl (C=O) groups is 1. The third-order valence-electron chi connectivity index (χ3n) is 4.02. The predicted molar refractivity (Wildman–Crippen MR) is 102 cm³/mol. The molecule has 2 aromatic rings. The molecule has 136 valence electrons. The minimum Gasteiger partial charge on any atom is -0.497 e. The number of amides is 1. The van der Waals surface area contributed by atoms with E-state index in [1.165, 1.54) is 0 Å². The first-order valence-electron chi connectivity index (χ1n) is 8.81. The lowest BCUT2D eigenvalue weighted by atomic mass is 10.1. The number of unbranched alkanes of at least 4 members (excludes halogenated alkanes) is 2. The largest absolute Gasteiger partial charge is 0.497 e. The average Bonchev–Trinajstić information content (AvgIpc) is 2.54. The standard InChI is InChI=1S/C20H28N2O3/c1-6-7-8-11-22-17-13-15(25-5)10-9-14(17)12-16(19(22)24)18(23)21-20(2,3)4/h9-10,12-13H,6-8,11H2,1-5H3,(H,21,23). The fraction of sp³-hybridized carbons (Fsp3) is 0.500. The first-order valence-corrected chi connectivity index (χ1v) is 8.81. The van der Waals surface area contributed by atoms with Crippen LogP contribution in [-0.2, 0) is 6.54 Å². The number of carbonyl (C=O) groups excluding carboxylic acids is 1. The van der Waals surface area contributed by atoms with Crippen molar-refractivity contribution in [2.24, 2.45) is 0 Å². The van der Waals surface area contributed by atoms with Gasteiger partial charge >= 0.3 is 0 Å². The molecule has 25 heavy (non-hydrogen) atoms. The number of benzene rings is 1. The summed E-state index contributed by atoms with van der Waals surface area (Å²) >= 11 is 0. The number of aryl methyl sites for hydroxylation is 1. The zero-order chi connectivity index (χ0) is 18.6. The molecule has 0 saturated heterocycles. The van der Waals surface area contributed by atoms with Crippen molar-refractivity contribution in [2.75, 3.05) is 7.11 Å². The molecule has 0 aliphatic carbocycles. The Balaban J connectivity index is 2.59. The summed E-state index contributed by atoms with van der Waals surface area (Å²) in [4.78, 5) is 25.5. The molecule has 0 fully saturated rings. The van der Waals surface area contributed by atoms with Gasteiger partial charge in [0.2, 0.25) is 0 Å². The molecule has 0 radical (unpaired) electrons. The zero-order valence-electron chi connectivity index (χ0n) is 15.8. The predicted octanol–water partition coefficient (Wildman–Crippen LogP) is 3.73. The van der Waals surface area contributed by atoms with E-state index in [2.05, 4.69) is 12.2 Å². The smallest absolute Gasteiger partial charge is 0.263 e. The highest BCUT2D eigenvalue weighted by molar-refractivity contribution is 5.97. The summed E-state index contributed by atoms with van der Waals surface area (Å²) in [6.45, 7) is 8.41. The van der Waals surface area contributed by atoms with Gasteiger partial charge in [-0.1, -0.05) is 19.8 Å². The first kappa shape index (κ1) is 19.0. The van der Waals surface area contributed by atoms with E-state index in [4.69, 9.17) is 4.74 Å². The van der Waals surface area contributed by atoms with Crippen LogP contribution in [0, 0.1) is 0 Å². The van der Waals surface area contributed by atoms with Crippen molar-refractivity contribution in [3.05, 3.63) is 40.2 Å². The van der Waals surface area contributed by atoms with Crippen molar-refractivity contribution >= 4 is 16.8 Å². The number of rotatable bonds is 6. The maximum atomic E-state index is 13.0. The van der Waals surface area contributed by atoms with Gasteiger partial charge in [-0.15, -0.1) is 0 Å². The van der Waals surface area contributed by atoms with Crippen molar-refractivity contribution in [2.45, 2.75) is 59.0 Å². The summed E-state index contributed by atoms with van der Waals surface area (Å²) in [5.74, 6) is 0.363. The van der Waals surface area contributed by atoms with Gasteiger partial charge in [0.25, 0.3) is 11.5 Å². The molecule has 1 aromatic carbocycles. The van der Waals surface area contributed by atoms with E-state index in [0.717, 1.165) is 30.2 Å². The number of aromatic nitrogens is 1. The van der Waals surface area contributed by atoms with Crippen molar-refractivity contribution in [1.29, 1.82) is 0 Å². The maximum absolute atomic E-state index is 13.0. The topological polar surface area (TPSA) is 60.3 Å². The molecule has 0 spiro atoms. The van der Waals surface area contributed by atoms with Crippen LogP contribution >= 0.6 is 0 Å². The van der Waals surface area contributed by atoms with Gasteiger partial charge in [0.1, 0.15) is 11.3 Å². The maximum Gasteiger partial charge on any atom is 0.263 e. The fourth-order valence-electron chi connectivity index (χ4n) is 2.79. The molecule has 0 saturated carbocycles. The molecule has 0 atom stereocenters. The van der Waals surface area contributed by atoms with E-state index in [9.17, 15) is 9.59 Å². The highest BCUT2D eigenvalue weighted by Gasteiger charge is 2.20. The zero-order valence-corrected chi connectivity index (χ0v) is 15.8. The van der Waals surface area contributed by atoms with E-state index >= 15 is 0 Å². The minimum absolute atomic E-state index is 0.184. The van der Waals surface area contributed by atoms with Gasteiger partial charge < -0.3 is 14.6 Å². The second-order valence-electron chi connectivity index (χ2n) is 7.35. The van der Waals surface area contributed by atoms with Crippen LogP contribution in [0.15, 0.2) is 29.1 Å². The van der Waals surface area contributed by atoms with Gasteiger partial charge in [0, 0.05) is 18.2 Å². The molecule has 5 nitrogen and oxygen atoms in total. The van der Waals surface area contributed by atoms with E-state index in [0.29, 0.717) is 12.3 Å². The summed E-state index contributed by atoms with van der Waals surface area (Å²) in [5, 5.41) is 3.74. The highest BCUT2D eigenvalue weighted by Crippen LogP contribution is 2.21. The van der Waals surface area contributed by atoms with Crippen LogP contribution in [-0.4, -0.2) is 23.1 Å². The summed E-state index contributed by atoms with van der Waals surface area (Å²) in [6, 6.07) is 7.26. The lowest BCUT2D eigenvalue weighted by Gasteiger charge is -2.21. The first-order chi connectivity index (χ1) is 11.8. The fourth-order valence-corrected chi connectivity index (χ4v) is 2.79. The molecule has 1 N–H and O–H groups in total. The van der Waals surface area contributed by atoms with Crippen LogP contribution in [0.1, 0.15) is 57.3 Å². The highest BCUT2D eigenvalue weighted by atomic mass is 16.5. The molecule has 2 rings (SSSR count). The van der Waals surface area contributed by atoms with Crippen molar-refractivity contribution in [3.8, 4) is 5.75 Å². The molecule has 1 heterocycles. The van der Waals surface area contributed by atoms with E-state index in [-0.39, 0.29) is 17.0 Å². The van der Waals surface area contributed by atoms with Gasteiger partial charge in [-0.25, -0.2) is 0 Å². The number of nitrogens with one attached hydrogen (secondary N) is 1. The van der Waals surface area contributed by atoms with E-state index in [1.807, 2.05) is 39.0 Å². The van der Waals surface area contributed by atoms with Crippen LogP contribution in [0.25, 0.3) is 10.9 Å². The normalized spacial score (nSPS) is 11.6. The van der Waals surface area contributed by atoms with Crippen molar-refractivity contribution in [3.63, 3.8) is 0 Å². The number of fused-ring (bicyclic) bond motifs is 1. The number of pyridine rings is 1. The SMILES string of the molecule is CCCCCn1c(=O)c(C(=O)NC(C)(C)C)cc2ccc(OC)cc21. The Morgan fingerprint density at radius 2 is 1.92 bits per heavy atom. The van der Waals surface area contributed by atoms with Crippen LogP contribution in [0.2, 0.25) is 0 Å². The van der Waals surface area contributed by atoms with Gasteiger partial charge in [-0.2, -0.15) is 0 Å². The Hall–Kier alpha value is -2.30. The Bertz CT molecular complexity index is 816. The van der Waals surface area contributed by atoms with Gasteiger partial charge in [0.05, 0.1) is 12.6 Å². The molecule has 1 aromatic heterocycles. The Morgan fingerprint density at radius 3 is 2.52 bits per heavy atom. The molecular weight excluding hydrogens is 316 g/mol. The summed E-state index contributed by atoms with van der Waals surface area (Å²) < 4.78 is 6.99. The molecule has 0 bridgehead atoms. The molecule has 5 heteroatoms. The van der Waals surface area contributed by atoms with Gasteiger partial charge in [0.15, 0.2) is 0 Å². The van der Waals surface area contributed by atoms with Crippen LogP contribution in [0.3, 0.4) is 0 Å². The number of hydrogen-bond acceptors (Lipinski definition) is 3. The molecular formula is C20H28N2O3. The number of nitrogens with zero attached hydrogens (tertiary/aromatic N) is 1. The van der Waals surface area contributed by atoms with Crippen LogP contribution in [0.5, 0.6) is 5.75 Å². The molecule has 0 aliphatic heterocycles. The van der Waals surface area contributed by atoms with Crippen molar-refractivity contribution < 1.29 is 9.53 Å².